The van der Waals surface area contributed by atoms with Gasteiger partial charge >= 0.3 is 0 Å². The number of alkyl halides is 1. The molecule has 0 spiro atoms. The molecule has 2 aromatic heterocycles. The monoisotopic (exact) mass is 556 g/mol. The van der Waals surface area contributed by atoms with Crippen molar-refractivity contribution in [2.24, 2.45) is 5.92 Å². The van der Waals surface area contributed by atoms with E-state index >= 15 is 4.39 Å². The zero-order chi connectivity index (χ0) is 28.3. The highest BCUT2D eigenvalue weighted by Gasteiger charge is 2.27. The molecule has 9 heteroatoms. The number of hydrogen-bond donors (Lipinski definition) is 2. The lowest BCUT2D eigenvalue weighted by atomic mass is 9.89. The lowest BCUT2D eigenvalue weighted by molar-refractivity contribution is 0.0898. The van der Waals surface area contributed by atoms with E-state index in [-0.39, 0.29) is 47.6 Å². The lowest BCUT2D eigenvalue weighted by Gasteiger charge is -2.26. The molecule has 0 unspecified atom stereocenters. The Balaban J connectivity index is 1.26. The molecule has 0 aliphatic carbocycles. The molecule has 4 heterocycles. The fraction of sp³-hybridized carbons (Fsp3) is 0.344. The van der Waals surface area contributed by atoms with E-state index in [1.54, 1.807) is 24.4 Å². The molecule has 2 aromatic carbocycles. The molecule has 2 fully saturated rings. The number of halogens is 2. The van der Waals surface area contributed by atoms with Crippen molar-refractivity contribution in [3.63, 3.8) is 0 Å². The maximum atomic E-state index is 15.3. The van der Waals surface area contributed by atoms with E-state index in [9.17, 15) is 14.4 Å². The Bertz CT molecular complexity index is 1620. The number of ether oxygens (including phenoxy) is 1. The van der Waals surface area contributed by atoms with E-state index in [0.717, 1.165) is 29.7 Å². The number of pyridine rings is 1. The minimum atomic E-state index is -1.09. The summed E-state index contributed by atoms with van der Waals surface area (Å²) in [6.45, 7) is 2.31. The normalized spacial score (nSPS) is 19.6. The number of fused-ring (bicyclic) bond motifs is 1. The fourth-order valence-corrected chi connectivity index (χ4v) is 5.64. The molecule has 2 saturated heterocycles. The third kappa shape index (κ3) is 5.71. The number of furan rings is 1. The van der Waals surface area contributed by atoms with Crippen molar-refractivity contribution in [3.8, 4) is 28.5 Å². The number of nitrogens with one attached hydrogen (secondary N) is 2. The topological polar surface area (TPSA) is 100 Å². The van der Waals surface area contributed by atoms with Crippen molar-refractivity contribution in [3.05, 3.63) is 71.7 Å². The molecule has 2 atom stereocenters. The lowest BCUT2D eigenvalue weighted by Crippen LogP contribution is -2.38. The number of carbonyl (C=O) groups is 1. The molecular formula is C32H30F2N4O3. The largest absolute Gasteiger partial charge is 0.454 e. The second kappa shape index (κ2) is 11.8. The molecule has 4 aromatic rings. The molecule has 2 N–H and O–H groups in total. The van der Waals surface area contributed by atoms with Crippen LogP contribution in [0.2, 0.25) is 0 Å². The van der Waals surface area contributed by atoms with E-state index in [4.69, 9.17) is 9.15 Å². The van der Waals surface area contributed by atoms with Crippen molar-refractivity contribution in [2.45, 2.75) is 37.9 Å². The van der Waals surface area contributed by atoms with Crippen LogP contribution in [0.25, 0.3) is 33.6 Å². The SMILES string of the molecule is N#Cc1cc(-c2ccnc3cc(-c4ccc(C(=O)C[C@@H]5CCNC[C@@H]5F)cc4F)oc23)ccc1NC1CCOCC1. The van der Waals surface area contributed by atoms with Gasteiger partial charge in [0.05, 0.1) is 16.8 Å². The smallest absolute Gasteiger partial charge is 0.163 e. The van der Waals surface area contributed by atoms with Crippen LogP contribution in [0.15, 0.2) is 59.1 Å². The van der Waals surface area contributed by atoms with Crippen molar-refractivity contribution in [2.75, 3.05) is 31.6 Å². The average molecular weight is 557 g/mol. The van der Waals surface area contributed by atoms with Crippen molar-refractivity contribution in [1.82, 2.24) is 10.3 Å². The Morgan fingerprint density at radius 3 is 2.73 bits per heavy atom. The number of hydrogen-bond acceptors (Lipinski definition) is 7. The summed E-state index contributed by atoms with van der Waals surface area (Å²) in [5.41, 5.74) is 4.21. The molecule has 2 aliphatic heterocycles. The molecule has 2 aliphatic rings. The standard InChI is InChI=1S/C32H30F2N4O3/c33-26-14-21(30(39)15-20-5-9-36-18-27(20)34)1-3-25(26)31-16-29-32(41-31)24(6-10-37-29)19-2-4-28(22(13-19)17-35)38-23-7-11-40-12-8-23/h1-4,6,10,13-14,16,20,23,27,36,38H,5,7-9,11-12,15,18H2/t20-,27-/m0/s1. The number of nitriles is 1. The van der Waals surface area contributed by atoms with E-state index < -0.39 is 12.0 Å². The molecular weight excluding hydrogens is 526 g/mol. The second-order valence-corrected chi connectivity index (χ2v) is 10.7. The van der Waals surface area contributed by atoms with Crippen molar-refractivity contribution < 1.29 is 22.7 Å². The van der Waals surface area contributed by atoms with Gasteiger partial charge in [0.15, 0.2) is 11.4 Å². The summed E-state index contributed by atoms with van der Waals surface area (Å²) >= 11 is 0. The summed E-state index contributed by atoms with van der Waals surface area (Å²) in [5, 5.41) is 16.3. The second-order valence-electron chi connectivity index (χ2n) is 10.7. The van der Waals surface area contributed by atoms with Crippen LogP contribution in [0.3, 0.4) is 0 Å². The van der Waals surface area contributed by atoms with Crippen LogP contribution in [0.1, 0.15) is 41.6 Å². The summed E-state index contributed by atoms with van der Waals surface area (Å²) in [5.74, 6) is -0.966. The van der Waals surface area contributed by atoms with Crippen LogP contribution in [-0.2, 0) is 4.74 Å². The Morgan fingerprint density at radius 1 is 1.10 bits per heavy atom. The molecule has 0 radical (unpaired) electrons. The molecule has 6 rings (SSSR count). The first-order valence-electron chi connectivity index (χ1n) is 14.0. The average Bonchev–Trinajstić information content (AvgIpc) is 3.43. The quantitative estimate of drug-likeness (QED) is 0.258. The van der Waals surface area contributed by atoms with Gasteiger partial charge in [-0.05, 0) is 67.6 Å². The number of benzene rings is 2. The molecule has 7 nitrogen and oxygen atoms in total. The summed E-state index contributed by atoms with van der Waals surface area (Å²) in [4.78, 5) is 17.2. The number of rotatable bonds is 7. The summed E-state index contributed by atoms with van der Waals surface area (Å²) in [7, 11) is 0. The predicted molar refractivity (Wildman–Crippen MR) is 152 cm³/mol. The highest BCUT2D eigenvalue weighted by atomic mass is 19.1. The van der Waals surface area contributed by atoms with E-state index in [1.807, 2.05) is 18.2 Å². The first-order chi connectivity index (χ1) is 20.0. The summed E-state index contributed by atoms with van der Waals surface area (Å²) < 4.78 is 41.0. The van der Waals surface area contributed by atoms with E-state index in [2.05, 4.69) is 21.7 Å². The molecule has 0 saturated carbocycles. The number of carbonyl (C=O) groups excluding carboxylic acids is 1. The van der Waals surface area contributed by atoms with Crippen LogP contribution in [0.4, 0.5) is 14.5 Å². The van der Waals surface area contributed by atoms with Gasteiger partial charge in [-0.2, -0.15) is 5.26 Å². The van der Waals surface area contributed by atoms with Crippen molar-refractivity contribution in [1.29, 1.82) is 5.26 Å². The molecule has 41 heavy (non-hydrogen) atoms. The highest BCUT2D eigenvalue weighted by molar-refractivity contribution is 5.97. The minimum absolute atomic E-state index is 0.0492. The van der Waals surface area contributed by atoms with E-state index in [0.29, 0.717) is 42.8 Å². The highest BCUT2D eigenvalue weighted by Crippen LogP contribution is 2.36. The van der Waals surface area contributed by atoms with Crippen LogP contribution in [0.5, 0.6) is 0 Å². The maximum Gasteiger partial charge on any atom is 0.163 e. The van der Waals surface area contributed by atoms with Crippen LogP contribution < -0.4 is 10.6 Å². The molecule has 0 bridgehead atoms. The number of anilines is 1. The first kappa shape index (κ1) is 27.1. The van der Waals surface area contributed by atoms with Gasteiger partial charge in [0.25, 0.3) is 0 Å². The predicted octanol–water partition coefficient (Wildman–Crippen LogP) is 6.28. The minimum Gasteiger partial charge on any atom is -0.454 e. The number of piperidine rings is 1. The van der Waals surface area contributed by atoms with Gasteiger partial charge in [0.2, 0.25) is 0 Å². The number of Topliss-reactive ketones (excluding diaryl/α,β-unsaturated/α-hetero) is 1. The number of nitrogens with zero attached hydrogens (tertiary/aromatic N) is 2. The van der Waals surface area contributed by atoms with Crippen LogP contribution in [-0.4, -0.2) is 49.3 Å². The van der Waals surface area contributed by atoms with Crippen LogP contribution >= 0.6 is 0 Å². The summed E-state index contributed by atoms with van der Waals surface area (Å²) in [6, 6.07) is 15.9. The van der Waals surface area contributed by atoms with Gasteiger partial charge in [0.1, 0.15) is 29.3 Å². The number of aromatic nitrogens is 1. The zero-order valence-electron chi connectivity index (χ0n) is 22.5. The Morgan fingerprint density at radius 2 is 1.95 bits per heavy atom. The zero-order valence-corrected chi connectivity index (χ0v) is 22.5. The van der Waals surface area contributed by atoms with E-state index in [1.165, 1.54) is 12.1 Å². The van der Waals surface area contributed by atoms with Gasteiger partial charge in [-0.15, -0.1) is 0 Å². The molecule has 210 valence electrons. The number of ketones is 1. The maximum absolute atomic E-state index is 15.3. The Hall–Kier alpha value is -4.13. The first-order valence-corrected chi connectivity index (χ1v) is 14.0. The van der Waals surface area contributed by atoms with Gasteiger partial charge in [-0.3, -0.25) is 9.78 Å². The third-order valence-corrected chi connectivity index (χ3v) is 7.99. The summed E-state index contributed by atoms with van der Waals surface area (Å²) in [6.07, 6.45) is 2.95. The Labute approximate surface area is 236 Å². The van der Waals surface area contributed by atoms with Gasteiger partial charge in [0, 0.05) is 55.6 Å². The van der Waals surface area contributed by atoms with Gasteiger partial charge in [-0.25, -0.2) is 8.78 Å². The molecule has 0 amide bonds. The van der Waals surface area contributed by atoms with Gasteiger partial charge < -0.3 is 19.8 Å². The van der Waals surface area contributed by atoms with Gasteiger partial charge in [-0.1, -0.05) is 12.1 Å². The Kier molecular flexibility index (Phi) is 7.77. The third-order valence-electron chi connectivity index (χ3n) is 7.99. The van der Waals surface area contributed by atoms with Crippen molar-refractivity contribution >= 4 is 22.6 Å². The van der Waals surface area contributed by atoms with Crippen LogP contribution in [0, 0.1) is 23.1 Å². The fourth-order valence-electron chi connectivity index (χ4n) is 5.64.